The molecule has 0 saturated heterocycles. The second-order valence-electron chi connectivity index (χ2n) is 4.66. The molecule has 1 atom stereocenters. The SMILES string of the molecule is CSC1(CC2=[C-]CC=C2)CC=C(C)C=C1C.[Cl-].[Cl-].[Ti+3]. The zero-order valence-corrected chi connectivity index (χ0v) is 15.5. The van der Waals surface area contributed by atoms with Gasteiger partial charge < -0.3 is 24.8 Å². The van der Waals surface area contributed by atoms with E-state index in [0.717, 1.165) is 19.3 Å². The van der Waals surface area contributed by atoms with Crippen molar-refractivity contribution in [3.8, 4) is 0 Å². The van der Waals surface area contributed by atoms with Crippen LogP contribution in [0.3, 0.4) is 0 Å². The quantitative estimate of drug-likeness (QED) is 0.440. The number of allylic oxidation sites excluding steroid dienone is 7. The van der Waals surface area contributed by atoms with E-state index in [9.17, 15) is 0 Å². The second-order valence-corrected chi connectivity index (χ2v) is 5.85. The summed E-state index contributed by atoms with van der Waals surface area (Å²) in [6.45, 7) is 4.46. The van der Waals surface area contributed by atoms with Crippen LogP contribution in [0.1, 0.15) is 33.1 Å². The molecule has 0 bridgehead atoms. The van der Waals surface area contributed by atoms with E-state index >= 15 is 0 Å². The van der Waals surface area contributed by atoms with Crippen LogP contribution in [0.2, 0.25) is 0 Å². The fourth-order valence-corrected chi connectivity index (χ4v) is 3.36. The summed E-state index contributed by atoms with van der Waals surface area (Å²) >= 11 is 1.98. The molecule has 0 saturated carbocycles. The number of hydrogen-bond donors (Lipinski definition) is 0. The van der Waals surface area contributed by atoms with E-state index in [2.05, 4.69) is 50.5 Å². The minimum Gasteiger partial charge on any atom is -1.00 e. The summed E-state index contributed by atoms with van der Waals surface area (Å²) in [6.07, 6.45) is 18.1. The molecule has 0 aliphatic heterocycles. The minimum atomic E-state index is 0. The van der Waals surface area contributed by atoms with Gasteiger partial charge in [0.05, 0.1) is 0 Å². The molecule has 2 aliphatic rings. The van der Waals surface area contributed by atoms with E-state index in [0.29, 0.717) is 0 Å². The van der Waals surface area contributed by atoms with Crippen molar-refractivity contribution >= 4 is 11.8 Å². The van der Waals surface area contributed by atoms with E-state index in [4.69, 9.17) is 0 Å². The van der Waals surface area contributed by atoms with Gasteiger partial charge in [0.2, 0.25) is 0 Å². The molecule has 0 amide bonds. The zero-order valence-electron chi connectivity index (χ0n) is 11.6. The van der Waals surface area contributed by atoms with Crippen molar-refractivity contribution in [2.24, 2.45) is 0 Å². The fourth-order valence-electron chi connectivity index (χ4n) is 2.43. The maximum Gasteiger partial charge on any atom is 3.00 e. The molecule has 0 heterocycles. The molecule has 0 nitrogen and oxygen atoms in total. The summed E-state index contributed by atoms with van der Waals surface area (Å²) in [7, 11) is 0. The standard InChI is InChI=1S/C15H19S.2ClH.Ti/c1-12-8-9-15(16-3,13(2)10-12)11-14-6-4-5-7-14;;;/h4,6,8,10H,5,9,11H2,1-3H3;2*1H;/q-1;;;+3/p-2. The third-order valence-electron chi connectivity index (χ3n) is 3.55. The van der Waals surface area contributed by atoms with Gasteiger partial charge in [-0.2, -0.15) is 17.8 Å². The summed E-state index contributed by atoms with van der Waals surface area (Å²) in [6, 6.07) is 0. The molecule has 0 N–H and O–H groups in total. The molecular weight excluding hydrogens is 331 g/mol. The first-order valence-electron chi connectivity index (χ1n) is 5.83. The molecule has 1 radical (unpaired) electrons. The van der Waals surface area contributed by atoms with Crippen LogP contribution in [-0.2, 0) is 21.7 Å². The van der Waals surface area contributed by atoms with Crippen LogP contribution >= 0.6 is 11.8 Å². The van der Waals surface area contributed by atoms with Gasteiger partial charge in [0.1, 0.15) is 0 Å². The molecule has 1 unspecified atom stereocenters. The molecule has 2 aliphatic carbocycles. The number of thioether (sulfide) groups is 1. The van der Waals surface area contributed by atoms with Crippen molar-refractivity contribution in [2.45, 2.75) is 37.9 Å². The Morgan fingerprint density at radius 3 is 2.47 bits per heavy atom. The zero-order chi connectivity index (χ0) is 11.6. The van der Waals surface area contributed by atoms with Crippen LogP contribution in [-0.4, -0.2) is 11.0 Å². The molecule has 19 heavy (non-hydrogen) atoms. The Hall–Kier alpha value is 0.604. The van der Waals surface area contributed by atoms with Crippen LogP contribution in [0.5, 0.6) is 0 Å². The topological polar surface area (TPSA) is 0 Å². The van der Waals surface area contributed by atoms with Gasteiger partial charge in [-0.3, -0.25) is 6.08 Å². The van der Waals surface area contributed by atoms with Gasteiger partial charge in [0.25, 0.3) is 0 Å². The Morgan fingerprint density at radius 1 is 1.32 bits per heavy atom. The largest absolute Gasteiger partial charge is 3.00 e. The van der Waals surface area contributed by atoms with Gasteiger partial charge in [0, 0.05) is 4.75 Å². The normalized spacial score (nSPS) is 24.3. The molecule has 103 valence electrons. The summed E-state index contributed by atoms with van der Waals surface area (Å²) in [5, 5.41) is 0. The monoisotopic (exact) mass is 349 g/mol. The van der Waals surface area contributed by atoms with Crippen molar-refractivity contribution in [1.82, 2.24) is 0 Å². The number of halogens is 2. The summed E-state index contributed by atoms with van der Waals surface area (Å²) in [5.41, 5.74) is 4.30. The molecule has 4 heteroatoms. The second kappa shape index (κ2) is 9.52. The Balaban J connectivity index is 0. The first kappa shape index (κ1) is 21.9. The van der Waals surface area contributed by atoms with Crippen molar-refractivity contribution in [3.63, 3.8) is 0 Å². The first-order chi connectivity index (χ1) is 7.66. The number of hydrogen-bond acceptors (Lipinski definition) is 1. The average Bonchev–Trinajstić information content (AvgIpc) is 2.75. The van der Waals surface area contributed by atoms with Crippen LogP contribution in [0.15, 0.2) is 41.0 Å². The first-order valence-corrected chi connectivity index (χ1v) is 7.06. The van der Waals surface area contributed by atoms with Gasteiger partial charge in [-0.15, -0.1) is 6.42 Å². The molecular formula is C15H19Cl2STi. The van der Waals surface area contributed by atoms with Crippen LogP contribution in [0.25, 0.3) is 0 Å². The summed E-state index contributed by atoms with van der Waals surface area (Å²) < 4.78 is 0.274. The van der Waals surface area contributed by atoms with Gasteiger partial charge >= 0.3 is 21.7 Å². The van der Waals surface area contributed by atoms with Gasteiger partial charge in [-0.25, -0.2) is 11.6 Å². The molecule has 0 aromatic heterocycles. The fraction of sp³-hybridized carbons (Fsp3) is 0.467. The van der Waals surface area contributed by atoms with E-state index in [1.165, 1.54) is 16.7 Å². The summed E-state index contributed by atoms with van der Waals surface area (Å²) in [5.74, 6) is 0. The van der Waals surface area contributed by atoms with Gasteiger partial charge in [0.15, 0.2) is 0 Å². The third-order valence-corrected chi connectivity index (χ3v) is 4.96. The van der Waals surface area contributed by atoms with Gasteiger partial charge in [-0.05, 0) is 32.9 Å². The summed E-state index contributed by atoms with van der Waals surface area (Å²) in [4.78, 5) is 0. The predicted molar refractivity (Wildman–Crippen MR) is 73.5 cm³/mol. The average molecular weight is 350 g/mol. The third kappa shape index (κ3) is 5.14. The van der Waals surface area contributed by atoms with Crippen molar-refractivity contribution in [1.29, 1.82) is 0 Å². The minimum absolute atomic E-state index is 0. The molecule has 0 aromatic carbocycles. The predicted octanol–water partition coefficient (Wildman–Crippen LogP) is -1.53. The molecule has 0 spiro atoms. The molecule has 2 rings (SSSR count). The van der Waals surface area contributed by atoms with Crippen molar-refractivity contribution in [3.05, 3.63) is 47.1 Å². The number of rotatable bonds is 3. The smallest absolute Gasteiger partial charge is 1.00 e. The van der Waals surface area contributed by atoms with E-state index in [1.807, 2.05) is 11.8 Å². The Kier molecular flexibility index (Phi) is 11.0. The van der Waals surface area contributed by atoms with E-state index in [-0.39, 0.29) is 51.3 Å². The molecule has 0 aromatic rings. The van der Waals surface area contributed by atoms with Crippen molar-refractivity contribution in [2.75, 3.05) is 6.26 Å². The van der Waals surface area contributed by atoms with E-state index < -0.39 is 0 Å². The van der Waals surface area contributed by atoms with Crippen molar-refractivity contribution < 1.29 is 46.5 Å². The Labute approximate surface area is 149 Å². The van der Waals surface area contributed by atoms with E-state index in [1.54, 1.807) is 0 Å². The van der Waals surface area contributed by atoms with Crippen LogP contribution < -0.4 is 24.8 Å². The van der Waals surface area contributed by atoms with Crippen LogP contribution in [0, 0.1) is 6.08 Å². The molecule has 0 fully saturated rings. The van der Waals surface area contributed by atoms with Crippen LogP contribution in [0.4, 0.5) is 0 Å². The maximum atomic E-state index is 3.44. The Bertz CT molecular complexity index is 410. The van der Waals surface area contributed by atoms with Gasteiger partial charge in [-0.1, -0.05) is 23.3 Å². The maximum absolute atomic E-state index is 3.44. The Morgan fingerprint density at radius 2 is 2.00 bits per heavy atom.